The SMILES string of the molecule is C/C=C/S(=O)(=O)c1ccccn1. The van der Waals surface area contributed by atoms with E-state index in [-0.39, 0.29) is 5.03 Å². The molecular weight excluding hydrogens is 174 g/mol. The van der Waals surface area contributed by atoms with Crippen LogP contribution >= 0.6 is 0 Å². The normalized spacial score (nSPS) is 12.1. The number of pyridine rings is 1. The van der Waals surface area contributed by atoms with Crippen molar-refractivity contribution in [2.75, 3.05) is 0 Å². The van der Waals surface area contributed by atoms with Gasteiger partial charge in [-0.15, -0.1) is 0 Å². The summed E-state index contributed by atoms with van der Waals surface area (Å²) in [4.78, 5) is 3.73. The molecule has 1 aromatic rings. The number of hydrogen-bond donors (Lipinski definition) is 0. The molecule has 0 aliphatic carbocycles. The maximum Gasteiger partial charge on any atom is 0.216 e. The number of hydrogen-bond acceptors (Lipinski definition) is 3. The van der Waals surface area contributed by atoms with Gasteiger partial charge in [0, 0.05) is 11.6 Å². The number of aromatic nitrogens is 1. The molecule has 0 fully saturated rings. The summed E-state index contributed by atoms with van der Waals surface area (Å²) in [5, 5.41) is 1.22. The van der Waals surface area contributed by atoms with E-state index in [0.717, 1.165) is 5.41 Å². The molecule has 0 saturated heterocycles. The van der Waals surface area contributed by atoms with E-state index >= 15 is 0 Å². The van der Waals surface area contributed by atoms with Gasteiger partial charge in [0.25, 0.3) is 0 Å². The molecule has 0 atom stereocenters. The summed E-state index contributed by atoms with van der Waals surface area (Å²) in [5.74, 6) is 0. The van der Waals surface area contributed by atoms with Gasteiger partial charge in [-0.05, 0) is 19.1 Å². The van der Waals surface area contributed by atoms with Gasteiger partial charge >= 0.3 is 0 Å². The van der Waals surface area contributed by atoms with Crippen molar-refractivity contribution < 1.29 is 8.42 Å². The number of sulfone groups is 1. The van der Waals surface area contributed by atoms with Crippen molar-refractivity contribution in [1.29, 1.82) is 0 Å². The van der Waals surface area contributed by atoms with Crippen LogP contribution in [-0.2, 0) is 9.84 Å². The second-order valence-electron chi connectivity index (χ2n) is 2.18. The first-order chi connectivity index (χ1) is 5.67. The molecule has 0 bridgehead atoms. The predicted octanol–water partition coefficient (Wildman–Crippen LogP) is 1.39. The van der Waals surface area contributed by atoms with Crippen molar-refractivity contribution in [2.45, 2.75) is 11.9 Å². The van der Waals surface area contributed by atoms with Crippen LogP contribution < -0.4 is 0 Å². The van der Waals surface area contributed by atoms with Crippen LogP contribution in [-0.4, -0.2) is 13.4 Å². The summed E-state index contributed by atoms with van der Waals surface area (Å²) >= 11 is 0. The van der Waals surface area contributed by atoms with Crippen molar-refractivity contribution >= 4 is 9.84 Å². The lowest BCUT2D eigenvalue weighted by Crippen LogP contribution is -1.97. The molecule has 0 radical (unpaired) electrons. The first-order valence-electron chi connectivity index (χ1n) is 3.45. The van der Waals surface area contributed by atoms with Crippen LogP contribution in [0.3, 0.4) is 0 Å². The van der Waals surface area contributed by atoms with Crippen LogP contribution in [0.1, 0.15) is 6.92 Å². The molecule has 1 heterocycles. The minimum Gasteiger partial charge on any atom is -0.244 e. The van der Waals surface area contributed by atoms with Gasteiger partial charge in [0.05, 0.1) is 0 Å². The summed E-state index contributed by atoms with van der Waals surface area (Å²) in [7, 11) is -3.30. The molecule has 0 N–H and O–H groups in total. The summed E-state index contributed by atoms with van der Waals surface area (Å²) in [6, 6.07) is 4.79. The smallest absolute Gasteiger partial charge is 0.216 e. The number of allylic oxidation sites excluding steroid dienone is 1. The maximum atomic E-state index is 11.3. The molecule has 3 nitrogen and oxygen atoms in total. The molecule has 64 valence electrons. The lowest BCUT2D eigenvalue weighted by molar-refractivity contribution is 0.601. The Labute approximate surface area is 71.7 Å². The third-order valence-corrected chi connectivity index (χ3v) is 2.70. The van der Waals surface area contributed by atoms with Gasteiger partial charge < -0.3 is 0 Å². The number of nitrogens with zero attached hydrogens (tertiary/aromatic N) is 1. The van der Waals surface area contributed by atoms with Gasteiger partial charge in [0.1, 0.15) is 0 Å². The van der Waals surface area contributed by atoms with Crippen LogP contribution in [0.25, 0.3) is 0 Å². The highest BCUT2D eigenvalue weighted by Gasteiger charge is 2.09. The summed E-state index contributed by atoms with van der Waals surface area (Å²) in [6.07, 6.45) is 2.93. The summed E-state index contributed by atoms with van der Waals surface area (Å²) in [6.45, 7) is 1.65. The Kier molecular flexibility index (Phi) is 2.60. The second-order valence-corrected chi connectivity index (χ2v) is 3.96. The molecule has 0 saturated carbocycles. The lowest BCUT2D eigenvalue weighted by Gasteiger charge is -1.94. The zero-order chi connectivity index (χ0) is 9.03. The molecule has 12 heavy (non-hydrogen) atoms. The van der Waals surface area contributed by atoms with Crippen LogP contribution in [0.2, 0.25) is 0 Å². The Morgan fingerprint density at radius 2 is 2.17 bits per heavy atom. The summed E-state index contributed by atoms with van der Waals surface area (Å²) < 4.78 is 22.6. The van der Waals surface area contributed by atoms with E-state index in [1.54, 1.807) is 19.1 Å². The first kappa shape index (κ1) is 8.93. The zero-order valence-electron chi connectivity index (χ0n) is 6.64. The molecule has 0 aromatic carbocycles. The van der Waals surface area contributed by atoms with E-state index in [4.69, 9.17) is 0 Å². The average molecular weight is 183 g/mol. The second kappa shape index (κ2) is 3.49. The number of rotatable bonds is 2. The third-order valence-electron chi connectivity index (χ3n) is 1.24. The van der Waals surface area contributed by atoms with E-state index in [0.29, 0.717) is 0 Å². The lowest BCUT2D eigenvalue weighted by atomic mass is 10.5. The van der Waals surface area contributed by atoms with E-state index < -0.39 is 9.84 Å². The monoisotopic (exact) mass is 183 g/mol. The van der Waals surface area contributed by atoms with Crippen molar-refractivity contribution in [1.82, 2.24) is 4.98 Å². The summed E-state index contributed by atoms with van der Waals surface area (Å²) in [5.41, 5.74) is 0. The Bertz CT molecular complexity index is 367. The predicted molar refractivity (Wildman–Crippen MR) is 46.2 cm³/mol. The molecular formula is C8H9NO2S. The van der Waals surface area contributed by atoms with Crippen molar-refractivity contribution in [3.63, 3.8) is 0 Å². The van der Waals surface area contributed by atoms with Gasteiger partial charge in [-0.1, -0.05) is 12.1 Å². The van der Waals surface area contributed by atoms with Crippen LogP contribution in [0.15, 0.2) is 40.9 Å². The van der Waals surface area contributed by atoms with Crippen molar-refractivity contribution in [3.8, 4) is 0 Å². The van der Waals surface area contributed by atoms with E-state index in [1.807, 2.05) is 0 Å². The zero-order valence-corrected chi connectivity index (χ0v) is 7.45. The van der Waals surface area contributed by atoms with E-state index in [9.17, 15) is 8.42 Å². The van der Waals surface area contributed by atoms with Gasteiger partial charge in [-0.2, -0.15) is 0 Å². The molecule has 0 aliphatic heterocycles. The fourth-order valence-corrected chi connectivity index (χ4v) is 1.74. The first-order valence-corrected chi connectivity index (χ1v) is 5.00. The quantitative estimate of drug-likeness (QED) is 0.696. The highest BCUT2D eigenvalue weighted by molar-refractivity contribution is 7.94. The molecule has 0 unspecified atom stereocenters. The Morgan fingerprint density at radius 1 is 1.42 bits per heavy atom. The van der Waals surface area contributed by atoms with Crippen molar-refractivity contribution in [3.05, 3.63) is 35.9 Å². The third kappa shape index (κ3) is 1.92. The molecule has 0 aliphatic rings. The Morgan fingerprint density at radius 3 is 2.67 bits per heavy atom. The van der Waals surface area contributed by atoms with Crippen LogP contribution in [0, 0.1) is 0 Å². The molecule has 1 rings (SSSR count). The van der Waals surface area contributed by atoms with Crippen molar-refractivity contribution in [2.24, 2.45) is 0 Å². The fraction of sp³-hybridized carbons (Fsp3) is 0.125. The maximum absolute atomic E-state index is 11.3. The molecule has 0 spiro atoms. The minimum absolute atomic E-state index is 0.0862. The minimum atomic E-state index is -3.30. The van der Waals surface area contributed by atoms with Gasteiger partial charge in [-0.25, -0.2) is 13.4 Å². The Hall–Kier alpha value is -1.16. The molecule has 1 aromatic heterocycles. The van der Waals surface area contributed by atoms with Crippen LogP contribution in [0.5, 0.6) is 0 Å². The average Bonchev–Trinajstić information content (AvgIpc) is 2.06. The fourth-order valence-electron chi connectivity index (χ4n) is 0.764. The largest absolute Gasteiger partial charge is 0.244 e. The Balaban J connectivity index is 3.16. The van der Waals surface area contributed by atoms with E-state index in [2.05, 4.69) is 4.98 Å². The molecule has 4 heteroatoms. The van der Waals surface area contributed by atoms with E-state index in [1.165, 1.54) is 18.3 Å². The van der Waals surface area contributed by atoms with Gasteiger partial charge in [0.15, 0.2) is 5.03 Å². The standard InChI is InChI=1S/C8H9NO2S/c1-2-7-12(10,11)8-5-3-4-6-9-8/h2-7H,1H3/b7-2+. The molecule has 0 amide bonds. The van der Waals surface area contributed by atoms with Crippen LogP contribution in [0.4, 0.5) is 0 Å². The van der Waals surface area contributed by atoms with Gasteiger partial charge in [-0.3, -0.25) is 0 Å². The highest BCUT2D eigenvalue weighted by atomic mass is 32.2. The van der Waals surface area contributed by atoms with Gasteiger partial charge in [0.2, 0.25) is 9.84 Å². The topological polar surface area (TPSA) is 47.0 Å². The highest BCUT2D eigenvalue weighted by Crippen LogP contribution is 2.06.